The number of aromatic nitrogens is 1. The van der Waals surface area contributed by atoms with Crippen molar-refractivity contribution in [3.8, 4) is 0 Å². The van der Waals surface area contributed by atoms with E-state index in [1.165, 1.54) is 6.07 Å². The molecule has 0 atom stereocenters. The van der Waals surface area contributed by atoms with E-state index in [-0.39, 0.29) is 11.7 Å². The molecule has 126 valence electrons. The van der Waals surface area contributed by atoms with Crippen LogP contribution in [0, 0.1) is 12.7 Å². The first kappa shape index (κ1) is 16.6. The molecule has 0 unspecified atom stereocenters. The van der Waals surface area contributed by atoms with Crippen LogP contribution in [0.25, 0.3) is 0 Å². The third-order valence-electron chi connectivity index (χ3n) is 3.72. The van der Waals surface area contributed by atoms with Crippen molar-refractivity contribution >= 4 is 17.4 Å². The highest BCUT2D eigenvalue weighted by atomic mass is 19.1. The maximum atomic E-state index is 13.6. The van der Waals surface area contributed by atoms with Gasteiger partial charge in [0.05, 0.1) is 11.9 Å². The van der Waals surface area contributed by atoms with Crippen molar-refractivity contribution in [1.29, 1.82) is 0 Å². The molecule has 0 bridgehead atoms. The van der Waals surface area contributed by atoms with Gasteiger partial charge in [-0.2, -0.15) is 0 Å². The maximum absolute atomic E-state index is 13.6. The molecule has 0 aliphatic carbocycles. The predicted molar refractivity (Wildman–Crippen MR) is 97.1 cm³/mol. The number of rotatable bonds is 5. The van der Waals surface area contributed by atoms with E-state index in [0.717, 1.165) is 5.56 Å². The van der Waals surface area contributed by atoms with Crippen LogP contribution >= 0.6 is 0 Å². The summed E-state index contributed by atoms with van der Waals surface area (Å²) < 4.78 is 13.6. The Kier molecular flexibility index (Phi) is 5.04. The Balaban J connectivity index is 1.60. The molecule has 0 saturated carbocycles. The van der Waals surface area contributed by atoms with Crippen LogP contribution in [0.2, 0.25) is 0 Å². The second-order valence-corrected chi connectivity index (χ2v) is 5.70. The van der Waals surface area contributed by atoms with E-state index in [0.29, 0.717) is 29.2 Å². The fraction of sp³-hybridized carbons (Fsp3) is 0.100. The Morgan fingerprint density at radius 1 is 1.08 bits per heavy atom. The lowest BCUT2D eigenvalue weighted by atomic mass is 10.1. The Morgan fingerprint density at radius 2 is 1.92 bits per heavy atom. The van der Waals surface area contributed by atoms with Crippen LogP contribution in [0.3, 0.4) is 0 Å². The van der Waals surface area contributed by atoms with Crippen molar-refractivity contribution in [1.82, 2.24) is 4.98 Å². The highest BCUT2D eigenvalue weighted by Gasteiger charge is 2.06. The second-order valence-electron chi connectivity index (χ2n) is 5.70. The zero-order chi connectivity index (χ0) is 17.6. The molecule has 0 fully saturated rings. The number of halogens is 1. The molecular weight excluding hydrogens is 317 g/mol. The summed E-state index contributed by atoms with van der Waals surface area (Å²) in [6.45, 7) is 2.28. The van der Waals surface area contributed by atoms with E-state index in [1.807, 2.05) is 25.1 Å². The summed E-state index contributed by atoms with van der Waals surface area (Å²) in [5.41, 5.74) is 2.80. The molecule has 1 heterocycles. The molecule has 5 heteroatoms. The fourth-order valence-corrected chi connectivity index (χ4v) is 2.39. The monoisotopic (exact) mass is 335 g/mol. The van der Waals surface area contributed by atoms with Crippen LogP contribution in [-0.4, -0.2) is 10.9 Å². The third kappa shape index (κ3) is 4.41. The van der Waals surface area contributed by atoms with Crippen LogP contribution in [0.4, 0.5) is 15.9 Å². The zero-order valence-electron chi connectivity index (χ0n) is 13.8. The molecular formula is C20H18FN3O. The van der Waals surface area contributed by atoms with Crippen LogP contribution in [0.15, 0.2) is 66.9 Å². The van der Waals surface area contributed by atoms with Gasteiger partial charge in [0.15, 0.2) is 0 Å². The molecule has 4 nitrogen and oxygen atoms in total. The summed E-state index contributed by atoms with van der Waals surface area (Å²) >= 11 is 0. The molecule has 1 amide bonds. The number of nitrogens with zero attached hydrogens (tertiary/aromatic N) is 1. The number of nitrogens with one attached hydrogen (secondary N) is 2. The largest absolute Gasteiger partial charge is 0.366 e. The number of amides is 1. The average Bonchev–Trinajstić information content (AvgIpc) is 2.62. The second kappa shape index (κ2) is 7.57. The Labute approximate surface area is 145 Å². The number of hydrogen-bond donors (Lipinski definition) is 2. The molecule has 3 rings (SSSR count). The van der Waals surface area contributed by atoms with Crippen LogP contribution in [0.5, 0.6) is 0 Å². The SMILES string of the molecule is Cc1cccc(C(=O)Nc2ccc(NCc3ccccc3F)nc2)c1. The molecule has 1 aromatic heterocycles. The molecule has 2 aromatic carbocycles. The minimum absolute atomic E-state index is 0.183. The number of benzene rings is 2. The van der Waals surface area contributed by atoms with Gasteiger partial charge in [0, 0.05) is 17.7 Å². The highest BCUT2D eigenvalue weighted by molar-refractivity contribution is 6.04. The Morgan fingerprint density at radius 3 is 2.64 bits per heavy atom. The number of anilines is 2. The molecule has 3 aromatic rings. The van der Waals surface area contributed by atoms with Gasteiger partial charge in [0.1, 0.15) is 11.6 Å². The first-order valence-corrected chi connectivity index (χ1v) is 7.93. The van der Waals surface area contributed by atoms with E-state index in [4.69, 9.17) is 0 Å². The summed E-state index contributed by atoms with van der Waals surface area (Å²) in [5.74, 6) is 0.173. The topological polar surface area (TPSA) is 54.0 Å². The quantitative estimate of drug-likeness (QED) is 0.727. The van der Waals surface area contributed by atoms with Gasteiger partial charge in [-0.25, -0.2) is 9.37 Å². The van der Waals surface area contributed by atoms with E-state index in [2.05, 4.69) is 15.6 Å². The Bertz CT molecular complexity index is 878. The van der Waals surface area contributed by atoms with Gasteiger partial charge in [-0.05, 0) is 37.3 Å². The van der Waals surface area contributed by atoms with Gasteiger partial charge < -0.3 is 10.6 Å². The molecule has 2 N–H and O–H groups in total. The van der Waals surface area contributed by atoms with Crippen LogP contribution in [-0.2, 0) is 6.54 Å². The normalized spacial score (nSPS) is 10.3. The molecule has 25 heavy (non-hydrogen) atoms. The smallest absolute Gasteiger partial charge is 0.255 e. The van der Waals surface area contributed by atoms with Crippen molar-refractivity contribution < 1.29 is 9.18 Å². The molecule has 0 aliphatic rings. The Hall–Kier alpha value is -3.21. The van der Waals surface area contributed by atoms with E-state index >= 15 is 0 Å². The van der Waals surface area contributed by atoms with Crippen molar-refractivity contribution in [3.63, 3.8) is 0 Å². The molecule has 0 spiro atoms. The number of pyridine rings is 1. The van der Waals surface area contributed by atoms with Gasteiger partial charge in [-0.15, -0.1) is 0 Å². The highest BCUT2D eigenvalue weighted by Crippen LogP contribution is 2.14. The summed E-state index contributed by atoms with van der Waals surface area (Å²) in [5, 5.41) is 5.86. The minimum atomic E-state index is -0.253. The minimum Gasteiger partial charge on any atom is -0.366 e. The zero-order valence-corrected chi connectivity index (χ0v) is 13.8. The molecule has 0 saturated heterocycles. The maximum Gasteiger partial charge on any atom is 0.255 e. The van der Waals surface area contributed by atoms with Crippen molar-refractivity contribution in [3.05, 3.63) is 89.4 Å². The number of aryl methyl sites for hydroxylation is 1. The number of carbonyl (C=O) groups is 1. The number of carbonyl (C=O) groups excluding carboxylic acids is 1. The predicted octanol–water partition coefficient (Wildman–Crippen LogP) is 4.39. The third-order valence-corrected chi connectivity index (χ3v) is 3.72. The molecule has 0 radical (unpaired) electrons. The van der Waals surface area contributed by atoms with Crippen molar-refractivity contribution in [2.45, 2.75) is 13.5 Å². The first-order chi connectivity index (χ1) is 12.1. The van der Waals surface area contributed by atoms with Gasteiger partial charge in [0.2, 0.25) is 0 Å². The van der Waals surface area contributed by atoms with Gasteiger partial charge >= 0.3 is 0 Å². The lowest BCUT2D eigenvalue weighted by molar-refractivity contribution is 0.102. The van der Waals surface area contributed by atoms with Gasteiger partial charge in [-0.3, -0.25) is 4.79 Å². The van der Waals surface area contributed by atoms with Gasteiger partial charge in [-0.1, -0.05) is 35.9 Å². The summed E-state index contributed by atoms with van der Waals surface area (Å²) in [6.07, 6.45) is 1.57. The van der Waals surface area contributed by atoms with Crippen molar-refractivity contribution in [2.75, 3.05) is 10.6 Å². The van der Waals surface area contributed by atoms with Crippen molar-refractivity contribution in [2.24, 2.45) is 0 Å². The number of hydrogen-bond acceptors (Lipinski definition) is 3. The lowest BCUT2D eigenvalue weighted by Crippen LogP contribution is -2.12. The standard InChI is InChI=1S/C20H18FN3O/c1-14-5-4-7-15(11-14)20(25)24-17-9-10-19(23-13-17)22-12-16-6-2-3-8-18(16)21/h2-11,13H,12H2,1H3,(H,22,23)(H,24,25). The fourth-order valence-electron chi connectivity index (χ4n) is 2.39. The van der Waals surface area contributed by atoms with E-state index < -0.39 is 0 Å². The first-order valence-electron chi connectivity index (χ1n) is 7.93. The summed E-state index contributed by atoms with van der Waals surface area (Å²) in [7, 11) is 0. The van der Waals surface area contributed by atoms with Gasteiger partial charge in [0.25, 0.3) is 5.91 Å². The van der Waals surface area contributed by atoms with Crippen LogP contribution in [0.1, 0.15) is 21.5 Å². The summed E-state index contributed by atoms with van der Waals surface area (Å²) in [6, 6.07) is 17.5. The van der Waals surface area contributed by atoms with E-state index in [9.17, 15) is 9.18 Å². The average molecular weight is 335 g/mol. The van der Waals surface area contributed by atoms with Crippen LogP contribution < -0.4 is 10.6 Å². The lowest BCUT2D eigenvalue weighted by Gasteiger charge is -2.09. The van der Waals surface area contributed by atoms with E-state index in [1.54, 1.807) is 42.6 Å². The summed E-state index contributed by atoms with van der Waals surface area (Å²) in [4.78, 5) is 16.4. The molecule has 0 aliphatic heterocycles.